The summed E-state index contributed by atoms with van der Waals surface area (Å²) in [6.07, 6.45) is 1.97. The van der Waals surface area contributed by atoms with Crippen LogP contribution >= 0.6 is 15.9 Å². The average molecular weight is 1470 g/mol. The van der Waals surface area contributed by atoms with E-state index in [1.807, 2.05) is 19.9 Å². The number of hydrogen-bond donors (Lipinski definition) is 3. The van der Waals surface area contributed by atoms with E-state index in [1.165, 1.54) is 70.3 Å². The Hall–Kier alpha value is -5.63. The van der Waals surface area contributed by atoms with Gasteiger partial charge < -0.3 is 46.3 Å². The van der Waals surface area contributed by atoms with Crippen LogP contribution < -0.4 is 138 Å². The van der Waals surface area contributed by atoms with E-state index in [0.29, 0.717) is 59.8 Å². The zero-order chi connectivity index (χ0) is 67.7. The predicted octanol–water partition coefficient (Wildman–Crippen LogP) is 7.60. The number of sulfone groups is 2. The molecule has 0 spiro atoms. The molecule has 2 unspecified atom stereocenters. The van der Waals surface area contributed by atoms with E-state index in [0.717, 1.165) is 44.7 Å². The van der Waals surface area contributed by atoms with Crippen molar-refractivity contribution in [2.75, 3.05) is 20.8 Å². The van der Waals surface area contributed by atoms with Crippen LogP contribution in [-0.2, 0) is 65.5 Å². The van der Waals surface area contributed by atoms with Crippen molar-refractivity contribution in [2.45, 2.75) is 132 Å². The van der Waals surface area contributed by atoms with E-state index in [9.17, 15) is 31.2 Å². The number of benzene rings is 8. The van der Waals surface area contributed by atoms with Gasteiger partial charge in [-0.3, -0.25) is 14.4 Å². The molecule has 2 aliphatic rings. The normalized spacial score (nSPS) is 13.7. The Morgan fingerprint density at radius 1 is 0.542 bits per heavy atom. The number of carbonyl (C=O) groups excluding carboxylic acids is 3. The SMILES string of the molecule is C.COc1ccc(S(=O)(=O)c2ccc(Oc3c(C)cc(-c4cc(C)c(C)c(C)c4)cc3CBr)cc2)cc1.COc1ccc(S(=O)(=O)c2ccc(Oc3c(C)cc(-c4cc(C)c(C)c(C)c4)cc3COOCC3CCC(=O)N3)cc2)cc1.O=C1CCC(C(=O)O)N1.O=CO[O-].[H-].[K+].[K+]. The van der Waals surface area contributed by atoms with Crippen molar-refractivity contribution < 1.29 is 184 Å². The van der Waals surface area contributed by atoms with Crippen molar-refractivity contribution in [2.24, 2.45) is 0 Å². The first-order valence-corrected chi connectivity index (χ1v) is 33.5. The third-order valence-electron chi connectivity index (χ3n) is 15.8. The number of carbonyl (C=O) groups is 4. The fourth-order valence-electron chi connectivity index (χ4n) is 10.2. The largest absolute Gasteiger partial charge is 1.00 e. The molecule has 500 valence electrons. The Morgan fingerprint density at radius 3 is 1.19 bits per heavy atom. The van der Waals surface area contributed by atoms with Gasteiger partial charge in [0.15, 0.2) is 0 Å². The molecule has 2 amide bonds. The molecule has 0 radical (unpaired) electrons. The molecular formula is C72H79BrK2N2O17S2. The molecule has 3 N–H and O–H groups in total. The number of alkyl halides is 1. The zero-order valence-corrected chi connectivity index (χ0v) is 64.7. The van der Waals surface area contributed by atoms with Crippen molar-refractivity contribution in [3.05, 3.63) is 201 Å². The minimum atomic E-state index is -3.72. The summed E-state index contributed by atoms with van der Waals surface area (Å²) >= 11 is 3.61. The molecule has 96 heavy (non-hydrogen) atoms. The number of rotatable bonds is 20. The van der Waals surface area contributed by atoms with Crippen LogP contribution in [0, 0.1) is 55.4 Å². The Morgan fingerprint density at radius 2 is 0.875 bits per heavy atom. The van der Waals surface area contributed by atoms with Crippen molar-refractivity contribution >= 4 is 59.9 Å². The summed E-state index contributed by atoms with van der Waals surface area (Å²) in [5, 5.41) is 22.6. The molecule has 8 aromatic carbocycles. The summed E-state index contributed by atoms with van der Waals surface area (Å²) in [7, 11) is -4.28. The van der Waals surface area contributed by atoms with Crippen LogP contribution in [-0.4, -0.2) is 79.1 Å². The maximum Gasteiger partial charge on any atom is 1.00 e. The van der Waals surface area contributed by atoms with Crippen molar-refractivity contribution in [3.63, 3.8) is 0 Å². The second-order valence-electron chi connectivity index (χ2n) is 22.2. The molecule has 0 bridgehead atoms. The van der Waals surface area contributed by atoms with Crippen LogP contribution in [0.1, 0.15) is 90.2 Å². The monoisotopic (exact) mass is 1460 g/mol. The molecular weight excluding hydrogens is 1390 g/mol. The minimum Gasteiger partial charge on any atom is -1.00 e. The van der Waals surface area contributed by atoms with Gasteiger partial charge in [-0.2, -0.15) is 0 Å². The molecule has 0 aromatic heterocycles. The van der Waals surface area contributed by atoms with E-state index < -0.39 is 31.7 Å². The zero-order valence-electron chi connectivity index (χ0n) is 56.2. The van der Waals surface area contributed by atoms with Gasteiger partial charge in [0.1, 0.15) is 53.8 Å². The summed E-state index contributed by atoms with van der Waals surface area (Å²) in [4.78, 5) is 55.1. The van der Waals surface area contributed by atoms with Gasteiger partial charge in [-0.15, -0.1) is 0 Å². The standard InChI is InChI=1S/C35H37NO7S.C30H29BrO4S.C5H7NO3.CH2O3.CH4.2K.H/c1-22-16-26(17-23(2)25(22)4)27-18-24(3)35(28(19-27)20-41-42-21-29-6-15-34(37)36-29)43-31-9-13-33(14-10-31)44(38,39)32-11-7-30(40-5)8-12-32;1-19-14-23(15-20(2)22(19)4)24-16-21(3)30(25(17-24)18-31)35-27-8-12-29(13-9-27)36(32,33)28-10-6-26(34-5)7-11-28;7-4-2-1-3(6-4)5(8)9;2-1-4-3;;;;/h7-14,16-19,29H,6,15,20-21H2,1-5H3,(H,36,37);6-17H,18H2,1-5H3;3H,1-2H2,(H,6,7)(H,8,9);1,3H;1H4;;;/q;;;;;2*+1;-1/p-1. The number of carboxylic acids is 1. The molecule has 8 aromatic rings. The molecule has 0 aliphatic carbocycles. The van der Waals surface area contributed by atoms with Gasteiger partial charge in [-0.25, -0.2) is 31.4 Å². The predicted molar refractivity (Wildman–Crippen MR) is 360 cm³/mol. The second kappa shape index (κ2) is 38.7. The maximum atomic E-state index is 13.2. The van der Waals surface area contributed by atoms with E-state index in [1.54, 1.807) is 79.9 Å². The van der Waals surface area contributed by atoms with Gasteiger partial charge in [0.05, 0.1) is 39.8 Å². The Kier molecular flexibility index (Phi) is 33.3. The molecule has 10 rings (SSSR count). The first kappa shape index (κ1) is 82.8. The number of amides is 2. The van der Waals surface area contributed by atoms with E-state index in [4.69, 9.17) is 43.9 Å². The maximum absolute atomic E-state index is 13.2. The summed E-state index contributed by atoms with van der Waals surface area (Å²) < 4.78 is 75.2. The summed E-state index contributed by atoms with van der Waals surface area (Å²) in [5.41, 5.74) is 15.6. The third-order valence-corrected chi connectivity index (χ3v) is 20.0. The summed E-state index contributed by atoms with van der Waals surface area (Å²) in [6.45, 7) is 16.9. The minimum absolute atomic E-state index is 0. The van der Waals surface area contributed by atoms with Gasteiger partial charge in [0.25, 0.3) is 6.47 Å². The number of carboxylic acid groups (broad SMARTS) is 1. The molecule has 2 aliphatic heterocycles. The van der Waals surface area contributed by atoms with E-state index >= 15 is 0 Å². The van der Waals surface area contributed by atoms with Gasteiger partial charge in [-0.05, 0) is 256 Å². The Bertz CT molecular complexity index is 4180. The van der Waals surface area contributed by atoms with Crippen LogP contribution in [0.25, 0.3) is 22.3 Å². The van der Waals surface area contributed by atoms with Gasteiger partial charge in [-0.1, -0.05) is 47.6 Å². The number of hydrogen-bond acceptors (Lipinski definition) is 16. The quantitative estimate of drug-likeness (QED) is 0.0165. The number of methoxy groups -OCH3 is 2. The third kappa shape index (κ3) is 22.2. The van der Waals surface area contributed by atoms with E-state index in [-0.39, 0.29) is 169 Å². The molecule has 24 heteroatoms. The van der Waals surface area contributed by atoms with Crippen LogP contribution in [0.5, 0.6) is 34.5 Å². The molecule has 0 saturated carbocycles. The first-order chi connectivity index (χ1) is 44.3. The summed E-state index contributed by atoms with van der Waals surface area (Å²) in [6, 6.07) is 41.9. The molecule has 2 saturated heterocycles. The van der Waals surface area contributed by atoms with E-state index in [2.05, 4.69) is 115 Å². The number of aliphatic carboxylic acids is 1. The van der Waals surface area contributed by atoms with Crippen molar-refractivity contribution in [1.82, 2.24) is 10.6 Å². The fourth-order valence-corrected chi connectivity index (χ4v) is 13.1. The number of ether oxygens (including phenoxy) is 4. The summed E-state index contributed by atoms with van der Waals surface area (Å²) in [5.74, 6) is 2.51. The Labute approximate surface area is 657 Å². The average Bonchev–Trinajstić information content (AvgIpc) is 1.32. The van der Waals surface area contributed by atoms with Crippen molar-refractivity contribution in [1.29, 1.82) is 0 Å². The number of nitrogens with one attached hydrogen (secondary N) is 2. The number of aryl methyl sites for hydroxylation is 6. The van der Waals surface area contributed by atoms with Crippen LogP contribution in [0.15, 0.2) is 165 Å². The van der Waals surface area contributed by atoms with Crippen LogP contribution in [0.4, 0.5) is 0 Å². The van der Waals surface area contributed by atoms with Gasteiger partial charge in [0, 0.05) is 29.3 Å². The van der Waals surface area contributed by atoms with Gasteiger partial charge >= 0.3 is 109 Å². The Balaban J connectivity index is 0.000000416. The molecule has 2 fully saturated rings. The second-order valence-corrected chi connectivity index (χ2v) is 26.7. The van der Waals surface area contributed by atoms with Crippen LogP contribution in [0.3, 0.4) is 0 Å². The smallest absolute Gasteiger partial charge is 1.00 e. The topological polar surface area (TPSA) is 269 Å². The van der Waals surface area contributed by atoms with Gasteiger partial charge in [0.2, 0.25) is 31.5 Å². The number of halogens is 1. The van der Waals surface area contributed by atoms with Crippen molar-refractivity contribution in [3.8, 4) is 56.8 Å². The molecule has 19 nitrogen and oxygen atoms in total. The molecule has 2 heterocycles. The molecule has 2 atom stereocenters. The van der Waals surface area contributed by atoms with Crippen LogP contribution in [0.2, 0.25) is 0 Å². The first-order valence-electron chi connectivity index (χ1n) is 29.4. The fraction of sp³-hybridized carbons (Fsp3) is 0.278.